The third-order valence-corrected chi connectivity index (χ3v) is 3.74. The van der Waals surface area contributed by atoms with E-state index in [4.69, 9.17) is 14.9 Å². The van der Waals surface area contributed by atoms with Gasteiger partial charge in [-0.25, -0.2) is 0 Å². The molecule has 1 aliphatic heterocycles. The molecule has 2 aromatic rings. The van der Waals surface area contributed by atoms with Crippen LogP contribution in [0.1, 0.15) is 22.8 Å². The molecule has 118 valence electrons. The van der Waals surface area contributed by atoms with Crippen LogP contribution in [-0.2, 0) is 11.2 Å². The van der Waals surface area contributed by atoms with Gasteiger partial charge in [0.25, 0.3) is 0 Å². The fraction of sp³-hybridized carbons (Fsp3) is 0.158. The second kappa shape index (κ2) is 6.69. The molecule has 1 atom stereocenters. The Morgan fingerprint density at radius 1 is 1.04 bits per heavy atom. The van der Waals surface area contributed by atoms with E-state index in [0.717, 1.165) is 16.7 Å². The van der Waals surface area contributed by atoms with Crippen LogP contribution in [-0.4, -0.2) is 21.6 Å². The predicted molar refractivity (Wildman–Crippen MR) is 87.4 cm³/mol. The van der Waals surface area contributed by atoms with Crippen molar-refractivity contribution in [3.05, 3.63) is 83.6 Å². The van der Waals surface area contributed by atoms with Crippen LogP contribution in [0.25, 0.3) is 5.57 Å². The lowest BCUT2D eigenvalue weighted by Crippen LogP contribution is -2.09. The van der Waals surface area contributed by atoms with Gasteiger partial charge in [-0.05, 0) is 28.8 Å². The Labute approximate surface area is 134 Å². The number of aromatic hydroxyl groups is 1. The second-order valence-electron chi connectivity index (χ2n) is 5.43. The Morgan fingerprint density at radius 3 is 2.43 bits per heavy atom. The molecular weight excluding hydrogens is 292 g/mol. The van der Waals surface area contributed by atoms with Gasteiger partial charge in [0.2, 0.25) is 0 Å². The van der Waals surface area contributed by atoms with Crippen LogP contribution in [0.5, 0.6) is 5.75 Å². The molecule has 0 amide bonds. The predicted octanol–water partition coefficient (Wildman–Crippen LogP) is 2.91. The third kappa shape index (κ3) is 3.62. The summed E-state index contributed by atoms with van der Waals surface area (Å²) in [7, 11) is 0. The second-order valence-corrected chi connectivity index (χ2v) is 5.43. The van der Waals surface area contributed by atoms with Crippen molar-refractivity contribution in [3.63, 3.8) is 0 Å². The SMILES string of the molecule is Oc1cc(C2C=CC(c3ccccc3)=CO2)ccc1CC(O)O. The summed E-state index contributed by atoms with van der Waals surface area (Å²) >= 11 is 0. The van der Waals surface area contributed by atoms with Gasteiger partial charge >= 0.3 is 0 Å². The molecule has 0 saturated carbocycles. The maximum Gasteiger partial charge on any atom is 0.155 e. The summed E-state index contributed by atoms with van der Waals surface area (Å²) < 4.78 is 5.75. The summed E-state index contributed by atoms with van der Waals surface area (Å²) in [6, 6.07) is 15.0. The van der Waals surface area contributed by atoms with E-state index in [-0.39, 0.29) is 18.3 Å². The van der Waals surface area contributed by atoms with Crippen molar-refractivity contribution in [2.75, 3.05) is 0 Å². The number of aliphatic hydroxyl groups excluding tert-OH is 1. The van der Waals surface area contributed by atoms with Gasteiger partial charge in [-0.2, -0.15) is 0 Å². The lowest BCUT2D eigenvalue weighted by atomic mass is 10.00. The van der Waals surface area contributed by atoms with Crippen LogP contribution in [0.2, 0.25) is 0 Å². The molecule has 3 N–H and O–H groups in total. The lowest BCUT2D eigenvalue weighted by molar-refractivity contribution is -0.0385. The third-order valence-electron chi connectivity index (χ3n) is 3.74. The highest BCUT2D eigenvalue weighted by Crippen LogP contribution is 2.31. The minimum Gasteiger partial charge on any atom is -0.508 e. The highest BCUT2D eigenvalue weighted by atomic mass is 16.5. The van der Waals surface area contributed by atoms with Crippen LogP contribution in [0.4, 0.5) is 0 Å². The van der Waals surface area contributed by atoms with Gasteiger partial charge in [0.15, 0.2) is 6.29 Å². The molecule has 0 fully saturated rings. The number of hydrogen-bond donors (Lipinski definition) is 3. The van der Waals surface area contributed by atoms with Crippen molar-refractivity contribution in [1.82, 2.24) is 0 Å². The molecule has 4 nitrogen and oxygen atoms in total. The van der Waals surface area contributed by atoms with Crippen molar-refractivity contribution in [3.8, 4) is 5.75 Å². The topological polar surface area (TPSA) is 69.9 Å². The molecule has 3 rings (SSSR count). The van der Waals surface area contributed by atoms with Crippen LogP contribution in [0.15, 0.2) is 66.9 Å². The summed E-state index contributed by atoms with van der Waals surface area (Å²) in [4.78, 5) is 0. The van der Waals surface area contributed by atoms with Crippen LogP contribution < -0.4 is 0 Å². The van der Waals surface area contributed by atoms with Gasteiger partial charge in [0.1, 0.15) is 11.9 Å². The Morgan fingerprint density at radius 2 is 1.83 bits per heavy atom. The van der Waals surface area contributed by atoms with Gasteiger partial charge in [0, 0.05) is 12.0 Å². The van der Waals surface area contributed by atoms with E-state index in [1.165, 1.54) is 0 Å². The van der Waals surface area contributed by atoms with E-state index >= 15 is 0 Å². The van der Waals surface area contributed by atoms with Crippen molar-refractivity contribution in [2.45, 2.75) is 18.8 Å². The maximum absolute atomic E-state index is 9.98. The maximum atomic E-state index is 9.98. The molecule has 1 aliphatic rings. The fourth-order valence-electron chi connectivity index (χ4n) is 2.53. The van der Waals surface area contributed by atoms with Crippen molar-refractivity contribution in [1.29, 1.82) is 0 Å². The van der Waals surface area contributed by atoms with Crippen LogP contribution in [0.3, 0.4) is 0 Å². The fourth-order valence-corrected chi connectivity index (χ4v) is 2.53. The summed E-state index contributed by atoms with van der Waals surface area (Å²) in [5, 5.41) is 28.0. The zero-order valence-corrected chi connectivity index (χ0v) is 12.5. The van der Waals surface area contributed by atoms with Gasteiger partial charge in [-0.15, -0.1) is 0 Å². The van der Waals surface area contributed by atoms with E-state index in [0.29, 0.717) is 5.56 Å². The molecule has 0 radical (unpaired) electrons. The lowest BCUT2D eigenvalue weighted by Gasteiger charge is -2.19. The van der Waals surface area contributed by atoms with E-state index in [9.17, 15) is 5.11 Å². The Bertz CT molecular complexity index is 732. The van der Waals surface area contributed by atoms with E-state index in [1.807, 2.05) is 48.6 Å². The number of phenols is 1. The average Bonchev–Trinajstić information content (AvgIpc) is 2.57. The standard InChI is InChI=1S/C19H18O4/c20-17-10-15(7-6-14(17)11-19(21)22)18-9-8-16(12-23-18)13-4-2-1-3-5-13/h1-10,12,18-22H,11H2. The Balaban J connectivity index is 1.74. The monoisotopic (exact) mass is 310 g/mol. The normalized spacial score (nSPS) is 17.0. The number of ether oxygens (including phenoxy) is 1. The first-order chi connectivity index (χ1) is 11.1. The van der Waals surface area contributed by atoms with E-state index < -0.39 is 6.29 Å². The summed E-state index contributed by atoms with van der Waals surface area (Å²) in [5.41, 5.74) is 3.37. The molecule has 1 heterocycles. The molecule has 0 aromatic heterocycles. The van der Waals surface area contributed by atoms with Crippen LogP contribution in [0, 0.1) is 0 Å². The highest BCUT2D eigenvalue weighted by molar-refractivity contribution is 5.74. The first kappa shape index (κ1) is 15.3. The number of allylic oxidation sites excluding steroid dienone is 2. The van der Waals surface area contributed by atoms with Gasteiger partial charge in [0.05, 0.1) is 6.26 Å². The average molecular weight is 310 g/mol. The van der Waals surface area contributed by atoms with Crippen molar-refractivity contribution < 1.29 is 20.1 Å². The van der Waals surface area contributed by atoms with Crippen molar-refractivity contribution in [2.24, 2.45) is 0 Å². The molecule has 2 aromatic carbocycles. The summed E-state index contributed by atoms with van der Waals surface area (Å²) in [6.45, 7) is 0. The smallest absolute Gasteiger partial charge is 0.155 e. The Kier molecular flexibility index (Phi) is 4.46. The highest BCUT2D eigenvalue weighted by Gasteiger charge is 2.15. The van der Waals surface area contributed by atoms with E-state index in [2.05, 4.69) is 0 Å². The number of rotatable bonds is 4. The van der Waals surface area contributed by atoms with Gasteiger partial charge in [-0.1, -0.05) is 48.5 Å². The molecule has 4 heteroatoms. The number of aliphatic hydroxyl groups is 2. The molecule has 1 unspecified atom stereocenters. The molecule has 0 saturated heterocycles. The largest absolute Gasteiger partial charge is 0.508 e. The molecule has 23 heavy (non-hydrogen) atoms. The summed E-state index contributed by atoms with van der Waals surface area (Å²) in [5.74, 6) is 0.0328. The Hall–Kier alpha value is -2.56. The quantitative estimate of drug-likeness (QED) is 0.760. The summed E-state index contributed by atoms with van der Waals surface area (Å²) in [6.07, 6.45) is 3.87. The molecule has 0 bridgehead atoms. The molecule has 0 spiro atoms. The molecule has 0 aliphatic carbocycles. The number of hydrogen-bond acceptors (Lipinski definition) is 4. The number of phenolic OH excluding ortho intramolecular Hbond substituents is 1. The van der Waals surface area contributed by atoms with Crippen molar-refractivity contribution >= 4 is 5.57 Å². The first-order valence-electron chi connectivity index (χ1n) is 7.40. The zero-order chi connectivity index (χ0) is 16.2. The van der Waals surface area contributed by atoms with E-state index in [1.54, 1.807) is 18.4 Å². The van der Waals surface area contributed by atoms with Gasteiger partial charge in [-0.3, -0.25) is 0 Å². The van der Waals surface area contributed by atoms with Crippen LogP contribution >= 0.6 is 0 Å². The first-order valence-corrected chi connectivity index (χ1v) is 7.40. The molecular formula is C19H18O4. The number of benzene rings is 2. The zero-order valence-electron chi connectivity index (χ0n) is 12.5. The van der Waals surface area contributed by atoms with Gasteiger partial charge < -0.3 is 20.1 Å². The minimum atomic E-state index is -1.48. The minimum absolute atomic E-state index is 0.00840.